The molecule has 1 unspecified atom stereocenters. The lowest BCUT2D eigenvalue weighted by atomic mass is 10.1. The van der Waals surface area contributed by atoms with Gasteiger partial charge in [-0.15, -0.1) is 0 Å². The highest BCUT2D eigenvalue weighted by Gasteiger charge is 2.31. The van der Waals surface area contributed by atoms with Crippen molar-refractivity contribution in [1.29, 1.82) is 0 Å². The van der Waals surface area contributed by atoms with Crippen molar-refractivity contribution in [1.82, 2.24) is 10.2 Å². The molecule has 1 saturated heterocycles. The first-order valence-electron chi connectivity index (χ1n) is 10.8. The first kappa shape index (κ1) is 23.6. The molecule has 1 atom stereocenters. The summed E-state index contributed by atoms with van der Waals surface area (Å²) in [6.07, 6.45) is -2.94. The molecule has 1 aromatic heterocycles. The van der Waals surface area contributed by atoms with E-state index in [1.165, 1.54) is 24.3 Å². The number of nitrogens with zero attached hydrogens (tertiary/aromatic N) is 2. The third-order valence-corrected chi connectivity index (χ3v) is 5.72. The number of furan rings is 1. The number of carbonyl (C=O) groups is 1. The second kappa shape index (κ2) is 10.2. The van der Waals surface area contributed by atoms with Crippen LogP contribution in [0.15, 0.2) is 71.3 Å². The van der Waals surface area contributed by atoms with Gasteiger partial charge in [-0.3, -0.25) is 4.90 Å². The van der Waals surface area contributed by atoms with Gasteiger partial charge in [0.15, 0.2) is 0 Å². The molecule has 6 nitrogen and oxygen atoms in total. The number of benzene rings is 2. The van der Waals surface area contributed by atoms with E-state index in [1.54, 1.807) is 24.5 Å². The average molecular weight is 476 g/mol. The first-order chi connectivity index (χ1) is 16.3. The molecule has 3 aromatic rings. The van der Waals surface area contributed by atoms with Gasteiger partial charge in [0, 0.05) is 44.1 Å². The maximum absolute atomic E-state index is 13.2. The largest absolute Gasteiger partial charge is 0.468 e. The predicted molar refractivity (Wildman–Crippen MR) is 120 cm³/mol. The second-order valence-corrected chi connectivity index (χ2v) is 7.94. The van der Waals surface area contributed by atoms with E-state index in [2.05, 4.69) is 20.4 Å². The minimum Gasteiger partial charge on any atom is -0.468 e. The molecule has 2 heterocycles. The summed E-state index contributed by atoms with van der Waals surface area (Å²) in [6, 6.07) is 13.5. The van der Waals surface area contributed by atoms with E-state index in [1.807, 2.05) is 6.07 Å². The van der Waals surface area contributed by atoms with Crippen molar-refractivity contribution in [2.45, 2.75) is 12.2 Å². The lowest BCUT2D eigenvalue weighted by Crippen LogP contribution is -2.50. The normalized spacial score (nSPS) is 15.7. The number of rotatable bonds is 6. The van der Waals surface area contributed by atoms with Gasteiger partial charge in [-0.2, -0.15) is 13.2 Å². The molecule has 2 aromatic carbocycles. The molecule has 180 valence electrons. The molecule has 10 heteroatoms. The molecule has 0 saturated carbocycles. The highest BCUT2D eigenvalue weighted by molar-refractivity contribution is 5.89. The monoisotopic (exact) mass is 476 g/mol. The summed E-state index contributed by atoms with van der Waals surface area (Å²) < 4.78 is 57.5. The summed E-state index contributed by atoms with van der Waals surface area (Å²) in [5.41, 5.74) is 0.154. The lowest BCUT2D eigenvalue weighted by molar-refractivity contribution is -0.137. The number of halogens is 4. The van der Waals surface area contributed by atoms with Gasteiger partial charge in [0.2, 0.25) is 0 Å². The fourth-order valence-electron chi connectivity index (χ4n) is 3.97. The summed E-state index contributed by atoms with van der Waals surface area (Å²) >= 11 is 0. The Hall–Kier alpha value is -3.53. The zero-order valence-corrected chi connectivity index (χ0v) is 18.2. The quantitative estimate of drug-likeness (QED) is 0.485. The fraction of sp³-hybridized carbons (Fsp3) is 0.292. The zero-order chi connectivity index (χ0) is 24.1. The number of nitrogens with one attached hydrogen (secondary N) is 2. The van der Waals surface area contributed by atoms with E-state index >= 15 is 0 Å². The van der Waals surface area contributed by atoms with Crippen molar-refractivity contribution in [3.8, 4) is 0 Å². The molecule has 34 heavy (non-hydrogen) atoms. The van der Waals surface area contributed by atoms with E-state index in [-0.39, 0.29) is 24.1 Å². The lowest BCUT2D eigenvalue weighted by Gasteiger charge is -2.39. The van der Waals surface area contributed by atoms with Crippen LogP contribution in [0.25, 0.3) is 0 Å². The third-order valence-electron chi connectivity index (χ3n) is 5.72. The van der Waals surface area contributed by atoms with Crippen LogP contribution in [0.4, 0.5) is 33.7 Å². The highest BCUT2D eigenvalue weighted by atomic mass is 19.4. The Kier molecular flexibility index (Phi) is 7.06. The van der Waals surface area contributed by atoms with Gasteiger partial charge in [-0.1, -0.05) is 6.07 Å². The molecule has 1 aliphatic heterocycles. The van der Waals surface area contributed by atoms with Crippen molar-refractivity contribution in [3.05, 3.63) is 84.1 Å². The number of carbonyl (C=O) groups excluding carboxylic acids is 1. The first-order valence-corrected chi connectivity index (χ1v) is 10.8. The van der Waals surface area contributed by atoms with E-state index in [4.69, 9.17) is 4.42 Å². The summed E-state index contributed by atoms with van der Waals surface area (Å²) in [5, 5.41) is 5.19. The van der Waals surface area contributed by atoms with Crippen molar-refractivity contribution in [2.24, 2.45) is 0 Å². The van der Waals surface area contributed by atoms with Crippen LogP contribution in [0, 0.1) is 5.82 Å². The van der Waals surface area contributed by atoms with Crippen LogP contribution in [-0.2, 0) is 6.18 Å². The Bertz CT molecular complexity index is 1080. The van der Waals surface area contributed by atoms with Crippen molar-refractivity contribution in [2.75, 3.05) is 42.9 Å². The van der Waals surface area contributed by atoms with Gasteiger partial charge >= 0.3 is 12.2 Å². The number of hydrogen-bond donors (Lipinski definition) is 2. The molecule has 4 rings (SSSR count). The van der Waals surface area contributed by atoms with Gasteiger partial charge in [0.1, 0.15) is 11.6 Å². The Morgan fingerprint density at radius 1 is 1.00 bits per heavy atom. The molecule has 2 N–H and O–H groups in total. The number of urea groups is 1. The zero-order valence-electron chi connectivity index (χ0n) is 18.2. The number of amides is 2. The molecule has 2 amide bonds. The fourth-order valence-corrected chi connectivity index (χ4v) is 3.97. The van der Waals surface area contributed by atoms with Crippen LogP contribution < -0.4 is 15.5 Å². The molecule has 0 aliphatic carbocycles. The van der Waals surface area contributed by atoms with Gasteiger partial charge in [0.05, 0.1) is 17.9 Å². The highest BCUT2D eigenvalue weighted by Crippen LogP contribution is 2.30. The van der Waals surface area contributed by atoms with Gasteiger partial charge in [-0.25, -0.2) is 9.18 Å². The molecule has 1 fully saturated rings. The van der Waals surface area contributed by atoms with Crippen LogP contribution in [0.5, 0.6) is 0 Å². The van der Waals surface area contributed by atoms with Crippen LogP contribution in [0.2, 0.25) is 0 Å². The Morgan fingerprint density at radius 2 is 1.74 bits per heavy atom. The van der Waals surface area contributed by atoms with Crippen LogP contribution >= 0.6 is 0 Å². The molecule has 0 spiro atoms. The maximum Gasteiger partial charge on any atom is 0.416 e. The standard InChI is InChI=1S/C24H24F4N4O2/c25-18-6-8-20(9-7-18)31-10-12-32(13-11-31)21(22-5-2-14-34-22)16-29-23(33)30-19-4-1-3-17(15-19)24(26,27)28/h1-9,14-15,21H,10-13,16H2,(H2,29,30,33). The molecule has 0 bridgehead atoms. The van der Waals surface area contributed by atoms with Gasteiger partial charge in [0.25, 0.3) is 0 Å². The van der Waals surface area contributed by atoms with Crippen LogP contribution in [0.3, 0.4) is 0 Å². The van der Waals surface area contributed by atoms with E-state index in [0.717, 1.165) is 17.8 Å². The van der Waals surface area contributed by atoms with Crippen molar-refractivity contribution >= 4 is 17.4 Å². The Labute approximate surface area is 194 Å². The number of alkyl halides is 3. The Balaban J connectivity index is 1.36. The molecular weight excluding hydrogens is 452 g/mol. The van der Waals surface area contributed by atoms with E-state index in [9.17, 15) is 22.4 Å². The summed E-state index contributed by atoms with van der Waals surface area (Å²) in [6.45, 7) is 2.98. The Morgan fingerprint density at radius 3 is 2.38 bits per heavy atom. The SMILES string of the molecule is O=C(NCC(c1ccco1)N1CCN(c2ccc(F)cc2)CC1)Nc1cccc(C(F)(F)F)c1. The summed E-state index contributed by atoms with van der Waals surface area (Å²) in [7, 11) is 0. The average Bonchev–Trinajstić information content (AvgIpc) is 3.34. The van der Waals surface area contributed by atoms with Crippen LogP contribution in [0.1, 0.15) is 17.4 Å². The topological polar surface area (TPSA) is 60.8 Å². The summed E-state index contributed by atoms with van der Waals surface area (Å²) in [5.74, 6) is 0.393. The predicted octanol–water partition coefficient (Wildman–Crippen LogP) is 5.12. The minimum absolute atomic E-state index is 0.0507. The molecule has 0 radical (unpaired) electrons. The van der Waals surface area contributed by atoms with Crippen LogP contribution in [-0.4, -0.2) is 43.7 Å². The molecular formula is C24H24F4N4O2. The van der Waals surface area contributed by atoms with Gasteiger partial charge in [-0.05, 0) is 54.6 Å². The smallest absolute Gasteiger partial charge is 0.416 e. The number of piperazine rings is 1. The van der Waals surface area contributed by atoms with Gasteiger partial charge < -0.3 is 20.0 Å². The minimum atomic E-state index is -4.49. The summed E-state index contributed by atoms with van der Waals surface area (Å²) in [4.78, 5) is 16.7. The van der Waals surface area contributed by atoms with Crippen molar-refractivity contribution < 1.29 is 26.8 Å². The van der Waals surface area contributed by atoms with E-state index in [0.29, 0.717) is 31.9 Å². The van der Waals surface area contributed by atoms with E-state index < -0.39 is 17.8 Å². The third kappa shape index (κ3) is 5.88. The number of anilines is 2. The number of hydrogen-bond acceptors (Lipinski definition) is 4. The maximum atomic E-state index is 13.2. The second-order valence-electron chi connectivity index (χ2n) is 7.94. The van der Waals surface area contributed by atoms with Crippen molar-refractivity contribution in [3.63, 3.8) is 0 Å². The molecule has 1 aliphatic rings.